The Bertz CT molecular complexity index is 121. The van der Waals surface area contributed by atoms with Crippen molar-refractivity contribution in [2.75, 3.05) is 0 Å². The molecule has 0 spiro atoms. The largest absolute Gasteiger partial charge is 0.328 e. The van der Waals surface area contributed by atoms with Crippen molar-refractivity contribution in [2.45, 2.75) is 54.0 Å². The molecule has 1 heteroatoms. The molecule has 0 aliphatic carbocycles. The van der Waals surface area contributed by atoms with Gasteiger partial charge in [0, 0.05) is 6.04 Å². The van der Waals surface area contributed by atoms with E-state index < -0.39 is 0 Å². The summed E-state index contributed by atoms with van der Waals surface area (Å²) in [5, 5.41) is 0. The summed E-state index contributed by atoms with van der Waals surface area (Å²) in [5.41, 5.74) is 6.19. The summed E-state index contributed by atoms with van der Waals surface area (Å²) < 4.78 is 0. The van der Waals surface area contributed by atoms with Gasteiger partial charge < -0.3 is 5.73 Å². The third-order valence-corrected chi connectivity index (χ3v) is 2.96. The molecule has 12 heavy (non-hydrogen) atoms. The highest BCUT2D eigenvalue weighted by molar-refractivity contribution is 4.76. The van der Waals surface area contributed by atoms with Gasteiger partial charge in [-0.3, -0.25) is 0 Å². The Kier molecular flexibility index (Phi) is 4.25. The van der Waals surface area contributed by atoms with Gasteiger partial charge in [0.05, 0.1) is 0 Å². The molecular weight excluding hydrogens is 146 g/mol. The smallest absolute Gasteiger partial charge is 0.00131 e. The number of nitrogens with two attached hydrogens (primary N) is 1. The Labute approximate surface area is 77.7 Å². The molecule has 1 nitrogen and oxygen atoms in total. The van der Waals surface area contributed by atoms with Crippen molar-refractivity contribution >= 4 is 0 Å². The Balaban J connectivity index is 4.01. The quantitative estimate of drug-likeness (QED) is 0.694. The standard InChI is InChI=1S/C11H25N/c1-8(7-9(2)12)10(3)11(4,5)6/h8-10H,7,12H2,1-6H3. The molecular formula is C11H25N. The van der Waals surface area contributed by atoms with Gasteiger partial charge in [0.25, 0.3) is 0 Å². The lowest BCUT2D eigenvalue weighted by molar-refractivity contribution is 0.175. The summed E-state index contributed by atoms with van der Waals surface area (Å²) in [6, 6.07) is 0.338. The first-order valence-corrected chi connectivity index (χ1v) is 5.00. The van der Waals surface area contributed by atoms with Crippen LogP contribution in [0.4, 0.5) is 0 Å². The summed E-state index contributed by atoms with van der Waals surface area (Å²) in [4.78, 5) is 0. The van der Waals surface area contributed by atoms with Crippen LogP contribution in [0.5, 0.6) is 0 Å². The Morgan fingerprint density at radius 1 is 1.08 bits per heavy atom. The Morgan fingerprint density at radius 2 is 1.50 bits per heavy atom. The molecule has 0 bridgehead atoms. The first-order valence-electron chi connectivity index (χ1n) is 5.00. The van der Waals surface area contributed by atoms with Gasteiger partial charge in [0.15, 0.2) is 0 Å². The predicted octanol–water partition coefficient (Wildman–Crippen LogP) is 3.04. The Morgan fingerprint density at radius 3 is 1.75 bits per heavy atom. The highest BCUT2D eigenvalue weighted by Gasteiger charge is 2.25. The zero-order valence-electron chi connectivity index (χ0n) is 9.52. The lowest BCUT2D eigenvalue weighted by atomic mass is 9.73. The zero-order chi connectivity index (χ0) is 9.94. The molecule has 0 amide bonds. The van der Waals surface area contributed by atoms with Gasteiger partial charge in [0.2, 0.25) is 0 Å². The number of rotatable bonds is 3. The van der Waals surface area contributed by atoms with Crippen molar-refractivity contribution < 1.29 is 0 Å². The molecule has 0 saturated carbocycles. The predicted molar refractivity (Wildman–Crippen MR) is 56.0 cm³/mol. The van der Waals surface area contributed by atoms with Gasteiger partial charge in [-0.2, -0.15) is 0 Å². The summed E-state index contributed by atoms with van der Waals surface area (Å²) in [6.07, 6.45) is 1.14. The lowest BCUT2D eigenvalue weighted by Crippen LogP contribution is -2.28. The molecule has 3 atom stereocenters. The lowest BCUT2D eigenvalue weighted by Gasteiger charge is -2.33. The summed E-state index contributed by atoms with van der Waals surface area (Å²) in [5.74, 6) is 1.47. The van der Waals surface area contributed by atoms with Gasteiger partial charge in [0.1, 0.15) is 0 Å². The fraction of sp³-hybridized carbons (Fsp3) is 1.00. The second-order valence-corrected chi connectivity index (χ2v) is 5.34. The van der Waals surface area contributed by atoms with Gasteiger partial charge >= 0.3 is 0 Å². The number of hydrogen-bond donors (Lipinski definition) is 1. The molecule has 0 saturated heterocycles. The van der Waals surface area contributed by atoms with Gasteiger partial charge in [-0.05, 0) is 30.6 Å². The molecule has 0 fully saturated rings. The van der Waals surface area contributed by atoms with Crippen LogP contribution in [0.15, 0.2) is 0 Å². The summed E-state index contributed by atoms with van der Waals surface area (Å²) in [7, 11) is 0. The third-order valence-electron chi connectivity index (χ3n) is 2.96. The average molecular weight is 171 g/mol. The molecule has 0 radical (unpaired) electrons. The van der Waals surface area contributed by atoms with Gasteiger partial charge in [-0.25, -0.2) is 0 Å². The SMILES string of the molecule is CC(N)CC(C)C(C)C(C)(C)C. The molecule has 3 unspecified atom stereocenters. The fourth-order valence-corrected chi connectivity index (χ4v) is 1.64. The van der Waals surface area contributed by atoms with E-state index in [1.54, 1.807) is 0 Å². The van der Waals surface area contributed by atoms with Crippen molar-refractivity contribution in [3.05, 3.63) is 0 Å². The van der Waals surface area contributed by atoms with E-state index in [1.807, 2.05) is 0 Å². The molecule has 0 aliphatic heterocycles. The maximum atomic E-state index is 5.77. The zero-order valence-corrected chi connectivity index (χ0v) is 9.52. The van der Waals surface area contributed by atoms with Crippen molar-refractivity contribution in [1.29, 1.82) is 0 Å². The van der Waals surface area contributed by atoms with Crippen LogP contribution in [-0.4, -0.2) is 6.04 Å². The van der Waals surface area contributed by atoms with E-state index >= 15 is 0 Å². The maximum Gasteiger partial charge on any atom is 0.00131 e. The van der Waals surface area contributed by atoms with E-state index in [9.17, 15) is 0 Å². The summed E-state index contributed by atoms with van der Waals surface area (Å²) >= 11 is 0. The molecule has 0 aromatic heterocycles. The minimum Gasteiger partial charge on any atom is -0.328 e. The van der Waals surface area contributed by atoms with Crippen LogP contribution in [0, 0.1) is 17.3 Å². The number of hydrogen-bond acceptors (Lipinski definition) is 1. The highest BCUT2D eigenvalue weighted by atomic mass is 14.6. The topological polar surface area (TPSA) is 26.0 Å². The minimum absolute atomic E-state index is 0.338. The second-order valence-electron chi connectivity index (χ2n) is 5.34. The molecule has 2 N–H and O–H groups in total. The molecule has 0 heterocycles. The maximum absolute atomic E-state index is 5.77. The van der Waals surface area contributed by atoms with E-state index in [-0.39, 0.29) is 0 Å². The molecule has 0 rings (SSSR count). The molecule has 74 valence electrons. The van der Waals surface area contributed by atoms with Crippen LogP contribution in [0.25, 0.3) is 0 Å². The van der Waals surface area contributed by atoms with E-state index in [0.717, 1.165) is 18.3 Å². The second kappa shape index (κ2) is 4.27. The fourth-order valence-electron chi connectivity index (χ4n) is 1.64. The van der Waals surface area contributed by atoms with Gasteiger partial charge in [-0.15, -0.1) is 0 Å². The van der Waals surface area contributed by atoms with E-state index in [2.05, 4.69) is 41.5 Å². The summed E-state index contributed by atoms with van der Waals surface area (Å²) in [6.45, 7) is 13.6. The Hall–Kier alpha value is -0.0400. The van der Waals surface area contributed by atoms with Crippen molar-refractivity contribution in [2.24, 2.45) is 23.0 Å². The van der Waals surface area contributed by atoms with Crippen molar-refractivity contribution in [1.82, 2.24) is 0 Å². The van der Waals surface area contributed by atoms with E-state index in [1.165, 1.54) is 0 Å². The van der Waals surface area contributed by atoms with Crippen LogP contribution in [0.2, 0.25) is 0 Å². The molecule has 0 aromatic carbocycles. The first-order chi connectivity index (χ1) is 5.25. The minimum atomic E-state index is 0.338. The average Bonchev–Trinajstić information content (AvgIpc) is 1.82. The third kappa shape index (κ3) is 4.10. The van der Waals surface area contributed by atoms with E-state index in [4.69, 9.17) is 5.73 Å². The van der Waals surface area contributed by atoms with Gasteiger partial charge in [-0.1, -0.05) is 34.6 Å². The van der Waals surface area contributed by atoms with Crippen LogP contribution < -0.4 is 5.73 Å². The normalized spacial score (nSPS) is 20.2. The first kappa shape index (κ1) is 12.0. The van der Waals surface area contributed by atoms with Crippen molar-refractivity contribution in [3.63, 3.8) is 0 Å². The molecule has 0 aromatic rings. The highest BCUT2D eigenvalue weighted by Crippen LogP contribution is 2.33. The van der Waals surface area contributed by atoms with Crippen LogP contribution in [0.1, 0.15) is 48.0 Å². The molecule has 0 aliphatic rings. The monoisotopic (exact) mass is 171 g/mol. The van der Waals surface area contributed by atoms with E-state index in [0.29, 0.717) is 11.5 Å². The van der Waals surface area contributed by atoms with Crippen molar-refractivity contribution in [3.8, 4) is 0 Å². The van der Waals surface area contributed by atoms with Crippen LogP contribution in [0.3, 0.4) is 0 Å². The van der Waals surface area contributed by atoms with Crippen LogP contribution >= 0.6 is 0 Å². The van der Waals surface area contributed by atoms with Crippen LogP contribution in [-0.2, 0) is 0 Å².